The Morgan fingerprint density at radius 1 is 1.14 bits per heavy atom. The summed E-state index contributed by atoms with van der Waals surface area (Å²) in [5.41, 5.74) is 0. The van der Waals surface area contributed by atoms with E-state index in [1.807, 2.05) is 0 Å². The maximum Gasteiger partial charge on any atom is 0.404 e. The van der Waals surface area contributed by atoms with Crippen molar-refractivity contribution in [3.8, 4) is 11.5 Å². The van der Waals surface area contributed by atoms with Gasteiger partial charge in [-0.1, -0.05) is 11.6 Å². The molecule has 1 amide bonds. The van der Waals surface area contributed by atoms with Crippen LogP contribution in [0, 0.1) is 0 Å². The molecule has 2 atom stereocenters. The number of ether oxygens (including phenoxy) is 2. The lowest BCUT2D eigenvalue weighted by Crippen LogP contribution is -2.43. The second kappa shape index (κ2) is 8.81. The largest absolute Gasteiger partial charge is 0.465 e. The molecule has 0 aliphatic carbocycles. The van der Waals surface area contributed by atoms with E-state index >= 15 is 0 Å². The first-order valence-electron chi connectivity index (χ1n) is 8.69. The van der Waals surface area contributed by atoms with Crippen LogP contribution in [0.25, 0.3) is 0 Å². The van der Waals surface area contributed by atoms with Gasteiger partial charge in [0.25, 0.3) is 0 Å². The van der Waals surface area contributed by atoms with E-state index in [0.717, 1.165) is 0 Å². The number of carbonyl (C=O) groups is 1. The van der Waals surface area contributed by atoms with E-state index in [9.17, 15) is 13.2 Å². The van der Waals surface area contributed by atoms with Crippen molar-refractivity contribution in [2.24, 2.45) is 0 Å². The average Bonchev–Trinajstić information content (AvgIpc) is 2.63. The third-order valence-electron chi connectivity index (χ3n) is 4.33. The van der Waals surface area contributed by atoms with Gasteiger partial charge in [0, 0.05) is 17.7 Å². The van der Waals surface area contributed by atoms with Gasteiger partial charge >= 0.3 is 6.09 Å². The second-order valence-electron chi connectivity index (χ2n) is 6.47. The Hall–Kier alpha value is -2.29. The fourth-order valence-electron chi connectivity index (χ4n) is 3.00. The molecule has 0 radical (unpaired) electrons. The fourth-order valence-corrected chi connectivity index (χ4v) is 4.59. The summed E-state index contributed by atoms with van der Waals surface area (Å²) in [6.45, 7) is 0.318. The highest BCUT2D eigenvalue weighted by Crippen LogP contribution is 2.25. The van der Waals surface area contributed by atoms with Gasteiger partial charge in [-0.15, -0.1) is 0 Å². The SMILES string of the molecule is O=C(O)NC1CCOC(CS(=O)(=O)c2ccc(Oc3ccc(Cl)cc3)cc2)C1. The lowest BCUT2D eigenvalue weighted by atomic mass is 10.0. The predicted octanol–water partition coefficient (Wildman–Crippen LogP) is 3.72. The highest BCUT2D eigenvalue weighted by Gasteiger charge is 2.29. The van der Waals surface area contributed by atoms with Crippen molar-refractivity contribution in [3.05, 3.63) is 53.6 Å². The first-order chi connectivity index (χ1) is 13.3. The number of rotatable bonds is 6. The Morgan fingerprint density at radius 2 is 1.75 bits per heavy atom. The molecular formula is C19H20ClNO6S. The van der Waals surface area contributed by atoms with Gasteiger partial charge in [-0.3, -0.25) is 0 Å². The van der Waals surface area contributed by atoms with Gasteiger partial charge in [0.05, 0.1) is 16.8 Å². The molecule has 0 aromatic heterocycles. The van der Waals surface area contributed by atoms with Crippen LogP contribution in [0.3, 0.4) is 0 Å². The van der Waals surface area contributed by atoms with Crippen LogP contribution in [0.1, 0.15) is 12.8 Å². The molecule has 1 saturated heterocycles. The molecule has 3 rings (SSSR count). The van der Waals surface area contributed by atoms with Crippen LogP contribution in [0.2, 0.25) is 5.02 Å². The maximum absolute atomic E-state index is 12.7. The van der Waals surface area contributed by atoms with Crippen molar-refractivity contribution in [1.29, 1.82) is 0 Å². The van der Waals surface area contributed by atoms with E-state index < -0.39 is 22.0 Å². The zero-order chi connectivity index (χ0) is 20.1. The first-order valence-corrected chi connectivity index (χ1v) is 10.7. The van der Waals surface area contributed by atoms with Crippen LogP contribution in [0.5, 0.6) is 11.5 Å². The number of hydrogen-bond donors (Lipinski definition) is 2. The molecule has 1 heterocycles. The summed E-state index contributed by atoms with van der Waals surface area (Å²) in [6, 6.07) is 12.7. The second-order valence-corrected chi connectivity index (χ2v) is 8.94. The van der Waals surface area contributed by atoms with E-state index in [-0.39, 0.29) is 16.7 Å². The standard InChI is InChI=1S/C19H20ClNO6S/c20-13-1-3-15(4-2-13)27-16-5-7-18(8-6-16)28(24,25)12-17-11-14(9-10-26-17)21-19(22)23/h1-8,14,17,21H,9-12H2,(H,22,23). The molecule has 9 heteroatoms. The van der Waals surface area contributed by atoms with Crippen LogP contribution in [-0.2, 0) is 14.6 Å². The van der Waals surface area contributed by atoms with E-state index in [0.29, 0.717) is 36.0 Å². The summed E-state index contributed by atoms with van der Waals surface area (Å²) < 4.78 is 36.5. The van der Waals surface area contributed by atoms with Gasteiger partial charge in [0.1, 0.15) is 11.5 Å². The molecule has 2 aromatic carbocycles. The number of sulfone groups is 1. The minimum absolute atomic E-state index is 0.160. The van der Waals surface area contributed by atoms with Crippen molar-refractivity contribution in [2.75, 3.05) is 12.4 Å². The molecule has 2 N–H and O–H groups in total. The third kappa shape index (κ3) is 5.60. The fraction of sp³-hybridized carbons (Fsp3) is 0.316. The van der Waals surface area contributed by atoms with E-state index in [2.05, 4.69) is 5.32 Å². The summed E-state index contributed by atoms with van der Waals surface area (Å²) in [6.07, 6.45) is -0.826. The number of carboxylic acid groups (broad SMARTS) is 1. The van der Waals surface area contributed by atoms with E-state index in [1.54, 1.807) is 36.4 Å². The van der Waals surface area contributed by atoms with Gasteiger partial charge in [0.2, 0.25) is 0 Å². The minimum atomic E-state index is -3.58. The van der Waals surface area contributed by atoms with Crippen molar-refractivity contribution < 1.29 is 27.8 Å². The molecule has 2 aromatic rings. The summed E-state index contributed by atoms with van der Waals surface area (Å²) >= 11 is 5.83. The van der Waals surface area contributed by atoms with Gasteiger partial charge in [-0.05, 0) is 61.4 Å². The predicted molar refractivity (Wildman–Crippen MR) is 104 cm³/mol. The molecule has 0 spiro atoms. The molecule has 1 fully saturated rings. The lowest BCUT2D eigenvalue weighted by Gasteiger charge is -2.29. The highest BCUT2D eigenvalue weighted by atomic mass is 35.5. The zero-order valence-electron chi connectivity index (χ0n) is 14.9. The molecule has 150 valence electrons. The lowest BCUT2D eigenvalue weighted by molar-refractivity contribution is 0.0160. The summed E-state index contributed by atoms with van der Waals surface area (Å²) in [5.74, 6) is 0.885. The topological polar surface area (TPSA) is 102 Å². The summed E-state index contributed by atoms with van der Waals surface area (Å²) in [5, 5.41) is 11.8. The van der Waals surface area contributed by atoms with Crippen LogP contribution in [0.15, 0.2) is 53.4 Å². The van der Waals surface area contributed by atoms with Gasteiger partial charge < -0.3 is 19.9 Å². The van der Waals surface area contributed by atoms with Crippen molar-refractivity contribution in [3.63, 3.8) is 0 Å². The van der Waals surface area contributed by atoms with Crippen LogP contribution >= 0.6 is 11.6 Å². The summed E-state index contributed by atoms with van der Waals surface area (Å²) in [7, 11) is -3.58. The van der Waals surface area contributed by atoms with Crippen molar-refractivity contribution in [2.45, 2.75) is 29.9 Å². The Labute approximate surface area is 168 Å². The normalized spacial score (nSPS) is 19.8. The van der Waals surface area contributed by atoms with Gasteiger partial charge in [-0.2, -0.15) is 0 Å². The monoisotopic (exact) mass is 425 g/mol. The number of hydrogen-bond acceptors (Lipinski definition) is 5. The van der Waals surface area contributed by atoms with Crippen LogP contribution in [0.4, 0.5) is 4.79 Å². The van der Waals surface area contributed by atoms with E-state index in [1.165, 1.54) is 12.1 Å². The molecule has 1 aliphatic rings. The number of amides is 1. The van der Waals surface area contributed by atoms with Gasteiger partial charge in [-0.25, -0.2) is 13.2 Å². The van der Waals surface area contributed by atoms with Crippen molar-refractivity contribution >= 4 is 27.5 Å². The average molecular weight is 426 g/mol. The number of halogens is 1. The minimum Gasteiger partial charge on any atom is -0.465 e. The summed E-state index contributed by atoms with van der Waals surface area (Å²) in [4.78, 5) is 10.9. The number of nitrogens with one attached hydrogen (secondary N) is 1. The Bertz CT molecular complexity index is 914. The smallest absolute Gasteiger partial charge is 0.404 e. The van der Waals surface area contributed by atoms with Gasteiger partial charge in [0.15, 0.2) is 9.84 Å². The Balaban J connectivity index is 1.63. The molecule has 0 saturated carbocycles. The highest BCUT2D eigenvalue weighted by molar-refractivity contribution is 7.91. The van der Waals surface area contributed by atoms with Crippen LogP contribution in [-0.4, -0.2) is 44.1 Å². The first kappa shape index (κ1) is 20.4. The Morgan fingerprint density at radius 3 is 2.36 bits per heavy atom. The third-order valence-corrected chi connectivity index (χ3v) is 6.39. The molecule has 28 heavy (non-hydrogen) atoms. The molecule has 1 aliphatic heterocycles. The quantitative estimate of drug-likeness (QED) is 0.731. The molecule has 0 bridgehead atoms. The molecule has 2 unspecified atom stereocenters. The maximum atomic E-state index is 12.7. The Kier molecular flexibility index (Phi) is 6.43. The van der Waals surface area contributed by atoms with Crippen LogP contribution < -0.4 is 10.1 Å². The molecule has 7 nitrogen and oxygen atoms in total. The van der Waals surface area contributed by atoms with E-state index in [4.69, 9.17) is 26.2 Å². The zero-order valence-corrected chi connectivity index (χ0v) is 16.4. The van der Waals surface area contributed by atoms with Crippen molar-refractivity contribution in [1.82, 2.24) is 5.32 Å². The molecular weight excluding hydrogens is 406 g/mol. The number of benzene rings is 2.